The van der Waals surface area contributed by atoms with Gasteiger partial charge in [0.15, 0.2) is 0 Å². The molecule has 0 unspecified atom stereocenters. The lowest BCUT2D eigenvalue weighted by molar-refractivity contribution is -0.118. The standard InChI is InChI=1S/C24H26ClN3O4/c1-31-20-4-3-5-21(32-2)23(20)15-8-10-27(11-9-15)24(30)18-13-28(14-22(26)29)19-12-16(25)6-7-17(18)19/h3-7,12-13,15H,8-11,14H2,1-2H3,(H2,26,29). The first-order chi connectivity index (χ1) is 15.4. The summed E-state index contributed by atoms with van der Waals surface area (Å²) in [6.07, 6.45) is 3.30. The van der Waals surface area contributed by atoms with Crippen LogP contribution in [0, 0.1) is 0 Å². The number of nitrogens with two attached hydrogens (primary N) is 1. The van der Waals surface area contributed by atoms with Gasteiger partial charge in [-0.15, -0.1) is 0 Å². The zero-order valence-electron chi connectivity index (χ0n) is 18.1. The van der Waals surface area contributed by atoms with Gasteiger partial charge in [-0.3, -0.25) is 9.59 Å². The van der Waals surface area contributed by atoms with Crippen molar-refractivity contribution >= 4 is 34.3 Å². The van der Waals surface area contributed by atoms with Gasteiger partial charge in [0.1, 0.15) is 18.0 Å². The number of fused-ring (bicyclic) bond motifs is 1. The van der Waals surface area contributed by atoms with E-state index < -0.39 is 5.91 Å². The number of benzene rings is 2. The van der Waals surface area contributed by atoms with Gasteiger partial charge in [0.05, 0.1) is 25.3 Å². The second-order valence-electron chi connectivity index (χ2n) is 7.94. The van der Waals surface area contributed by atoms with E-state index >= 15 is 0 Å². The Labute approximate surface area is 191 Å². The van der Waals surface area contributed by atoms with Crippen molar-refractivity contribution in [3.63, 3.8) is 0 Å². The SMILES string of the molecule is COc1cccc(OC)c1C1CCN(C(=O)c2cn(CC(N)=O)c3cc(Cl)ccc23)CC1. The van der Waals surface area contributed by atoms with Gasteiger partial charge in [0.25, 0.3) is 5.91 Å². The molecule has 2 aromatic carbocycles. The Morgan fingerprint density at radius 3 is 2.34 bits per heavy atom. The van der Waals surface area contributed by atoms with E-state index in [1.54, 1.807) is 37.1 Å². The molecule has 3 aromatic rings. The van der Waals surface area contributed by atoms with E-state index in [-0.39, 0.29) is 18.4 Å². The number of amides is 2. The minimum atomic E-state index is -0.479. The van der Waals surface area contributed by atoms with Crippen LogP contribution in [0.15, 0.2) is 42.6 Å². The number of aromatic nitrogens is 1. The van der Waals surface area contributed by atoms with Crippen molar-refractivity contribution in [3.8, 4) is 11.5 Å². The van der Waals surface area contributed by atoms with Crippen LogP contribution in [0.5, 0.6) is 11.5 Å². The average molecular weight is 456 g/mol. The zero-order chi connectivity index (χ0) is 22.8. The lowest BCUT2D eigenvalue weighted by atomic mass is 9.88. The van der Waals surface area contributed by atoms with Crippen molar-refractivity contribution in [1.29, 1.82) is 0 Å². The summed E-state index contributed by atoms with van der Waals surface area (Å²) in [6.45, 7) is 1.21. The smallest absolute Gasteiger partial charge is 0.256 e. The third-order valence-electron chi connectivity index (χ3n) is 6.06. The van der Waals surface area contributed by atoms with E-state index in [4.69, 9.17) is 26.8 Å². The number of methoxy groups -OCH3 is 2. The predicted molar refractivity (Wildman–Crippen MR) is 124 cm³/mol. The fourth-order valence-corrected chi connectivity index (χ4v) is 4.72. The van der Waals surface area contributed by atoms with E-state index in [1.165, 1.54) is 0 Å². The third-order valence-corrected chi connectivity index (χ3v) is 6.29. The first-order valence-electron chi connectivity index (χ1n) is 10.5. The minimum absolute atomic E-state index is 0.0141. The molecular formula is C24H26ClN3O4. The maximum Gasteiger partial charge on any atom is 0.256 e. The van der Waals surface area contributed by atoms with Crippen LogP contribution in [0.25, 0.3) is 10.9 Å². The van der Waals surface area contributed by atoms with Gasteiger partial charge in [-0.05, 0) is 43.0 Å². The number of carbonyl (C=O) groups excluding carboxylic acids is 2. The summed E-state index contributed by atoms with van der Waals surface area (Å²) in [5.41, 5.74) is 7.71. The van der Waals surface area contributed by atoms with Gasteiger partial charge in [-0.1, -0.05) is 23.7 Å². The number of hydrogen-bond donors (Lipinski definition) is 1. The molecular weight excluding hydrogens is 430 g/mol. The number of hydrogen-bond acceptors (Lipinski definition) is 4. The second-order valence-corrected chi connectivity index (χ2v) is 8.38. The number of carbonyl (C=O) groups is 2. The number of halogens is 1. The van der Waals surface area contributed by atoms with Crippen molar-refractivity contribution < 1.29 is 19.1 Å². The first-order valence-corrected chi connectivity index (χ1v) is 10.9. The molecule has 1 aliphatic rings. The molecule has 0 aliphatic carbocycles. The molecule has 32 heavy (non-hydrogen) atoms. The molecule has 1 saturated heterocycles. The average Bonchev–Trinajstić information content (AvgIpc) is 3.14. The molecule has 0 saturated carbocycles. The highest BCUT2D eigenvalue weighted by molar-refractivity contribution is 6.31. The Balaban J connectivity index is 1.57. The number of primary amides is 1. The van der Waals surface area contributed by atoms with E-state index in [1.807, 2.05) is 29.2 Å². The Hall–Kier alpha value is -3.19. The van der Waals surface area contributed by atoms with Gasteiger partial charge >= 0.3 is 0 Å². The minimum Gasteiger partial charge on any atom is -0.496 e. The second kappa shape index (κ2) is 9.12. The van der Waals surface area contributed by atoms with Crippen molar-refractivity contribution in [3.05, 3.63) is 58.7 Å². The Bertz CT molecular complexity index is 1140. The molecule has 1 aromatic heterocycles. The highest BCUT2D eigenvalue weighted by atomic mass is 35.5. The third kappa shape index (κ3) is 4.12. The van der Waals surface area contributed by atoms with E-state index in [0.717, 1.165) is 35.3 Å². The lowest BCUT2D eigenvalue weighted by Crippen LogP contribution is -2.38. The molecule has 168 valence electrons. The summed E-state index contributed by atoms with van der Waals surface area (Å²) in [6, 6.07) is 11.1. The largest absolute Gasteiger partial charge is 0.496 e. The number of likely N-dealkylation sites (tertiary alicyclic amines) is 1. The van der Waals surface area contributed by atoms with Crippen LogP contribution >= 0.6 is 11.6 Å². The van der Waals surface area contributed by atoms with Gasteiger partial charge in [-0.2, -0.15) is 0 Å². The van der Waals surface area contributed by atoms with Crippen LogP contribution < -0.4 is 15.2 Å². The molecule has 1 fully saturated rings. The van der Waals surface area contributed by atoms with Crippen LogP contribution in [-0.4, -0.2) is 48.6 Å². The number of nitrogens with zero attached hydrogens (tertiary/aromatic N) is 2. The summed E-state index contributed by atoms with van der Waals surface area (Å²) < 4.78 is 12.8. The monoisotopic (exact) mass is 455 g/mol. The number of rotatable bonds is 6. The van der Waals surface area contributed by atoms with Crippen molar-refractivity contribution in [1.82, 2.24) is 9.47 Å². The molecule has 0 spiro atoms. The molecule has 1 aliphatic heterocycles. The maximum atomic E-state index is 13.4. The molecule has 2 heterocycles. The summed E-state index contributed by atoms with van der Waals surface area (Å²) >= 11 is 6.14. The molecule has 7 nitrogen and oxygen atoms in total. The molecule has 2 amide bonds. The molecule has 0 atom stereocenters. The van der Waals surface area contributed by atoms with Gasteiger partial charge in [0, 0.05) is 35.3 Å². The molecule has 2 N–H and O–H groups in total. The molecule has 8 heteroatoms. The fraction of sp³-hybridized carbons (Fsp3) is 0.333. The zero-order valence-corrected chi connectivity index (χ0v) is 18.9. The van der Waals surface area contributed by atoms with Gasteiger partial charge in [-0.25, -0.2) is 0 Å². The Morgan fingerprint density at radius 1 is 1.09 bits per heavy atom. The highest BCUT2D eigenvalue weighted by Crippen LogP contribution is 2.40. The number of piperidine rings is 1. The normalized spacial score (nSPS) is 14.5. The molecule has 0 bridgehead atoms. The quantitative estimate of drug-likeness (QED) is 0.612. The first kappa shape index (κ1) is 22.0. The Kier molecular flexibility index (Phi) is 6.28. The van der Waals surface area contributed by atoms with Crippen LogP contribution in [0.4, 0.5) is 0 Å². The molecule has 0 radical (unpaired) electrons. The topological polar surface area (TPSA) is 86.8 Å². The van der Waals surface area contributed by atoms with Crippen molar-refractivity contribution in [2.24, 2.45) is 5.73 Å². The fourth-order valence-electron chi connectivity index (χ4n) is 4.56. The summed E-state index contributed by atoms with van der Waals surface area (Å²) in [5.74, 6) is 1.31. The van der Waals surface area contributed by atoms with Crippen molar-refractivity contribution in [2.75, 3.05) is 27.3 Å². The summed E-state index contributed by atoms with van der Waals surface area (Å²) in [5, 5.41) is 1.29. The van der Waals surface area contributed by atoms with E-state index in [9.17, 15) is 9.59 Å². The highest BCUT2D eigenvalue weighted by Gasteiger charge is 2.29. The van der Waals surface area contributed by atoms with Crippen LogP contribution in [0.1, 0.15) is 34.7 Å². The summed E-state index contributed by atoms with van der Waals surface area (Å²) in [4.78, 5) is 26.8. The lowest BCUT2D eigenvalue weighted by Gasteiger charge is -2.33. The van der Waals surface area contributed by atoms with Gasteiger partial charge < -0.3 is 24.7 Å². The predicted octanol–water partition coefficient (Wildman–Crippen LogP) is 3.82. The van der Waals surface area contributed by atoms with E-state index in [0.29, 0.717) is 29.2 Å². The summed E-state index contributed by atoms with van der Waals surface area (Å²) in [7, 11) is 3.32. The molecule has 4 rings (SSSR count). The van der Waals surface area contributed by atoms with Crippen LogP contribution in [0.2, 0.25) is 5.02 Å². The maximum absolute atomic E-state index is 13.4. The van der Waals surface area contributed by atoms with E-state index in [2.05, 4.69) is 0 Å². The van der Waals surface area contributed by atoms with Crippen LogP contribution in [0.3, 0.4) is 0 Å². The Morgan fingerprint density at radius 2 is 1.75 bits per heavy atom. The van der Waals surface area contributed by atoms with Crippen LogP contribution in [-0.2, 0) is 11.3 Å². The number of ether oxygens (including phenoxy) is 2. The van der Waals surface area contributed by atoms with Gasteiger partial charge in [0.2, 0.25) is 5.91 Å². The van der Waals surface area contributed by atoms with Crippen molar-refractivity contribution in [2.45, 2.75) is 25.3 Å².